The quantitative estimate of drug-likeness (QED) is 0.722. The summed E-state index contributed by atoms with van der Waals surface area (Å²) in [6.07, 6.45) is 0. The van der Waals surface area contributed by atoms with Gasteiger partial charge in [0, 0.05) is 5.69 Å². The number of aryl methyl sites for hydroxylation is 1. The van der Waals surface area contributed by atoms with E-state index in [-0.39, 0.29) is 18.0 Å². The van der Waals surface area contributed by atoms with Gasteiger partial charge in [-0.05, 0) is 49.2 Å². The fourth-order valence-corrected chi connectivity index (χ4v) is 2.70. The largest absolute Gasteiger partial charge is 0.486 e. The predicted molar refractivity (Wildman–Crippen MR) is 105 cm³/mol. The number of amides is 2. The van der Waals surface area contributed by atoms with E-state index in [9.17, 15) is 14.4 Å². The van der Waals surface area contributed by atoms with E-state index in [0.29, 0.717) is 30.4 Å². The molecule has 0 aromatic heterocycles. The highest BCUT2D eigenvalue weighted by Gasteiger charge is 2.17. The number of carbonyl (C=O) groups excluding carboxylic acids is 3. The smallest absolute Gasteiger partial charge is 0.338 e. The molecule has 152 valence electrons. The highest BCUT2D eigenvalue weighted by Crippen LogP contribution is 2.30. The SMILES string of the molecule is Cc1cccc(NC(=O)CNC(=O)COC(=O)c2ccc3c(c2)OCCO3)c1C. The van der Waals surface area contributed by atoms with Gasteiger partial charge in [-0.15, -0.1) is 0 Å². The second kappa shape index (κ2) is 9.09. The minimum Gasteiger partial charge on any atom is -0.486 e. The number of rotatable bonds is 6. The van der Waals surface area contributed by atoms with Crippen LogP contribution < -0.4 is 20.1 Å². The predicted octanol–water partition coefficient (Wildman–Crippen LogP) is 1.99. The lowest BCUT2D eigenvalue weighted by Gasteiger charge is -2.18. The van der Waals surface area contributed by atoms with Crippen LogP contribution >= 0.6 is 0 Å². The molecule has 0 saturated carbocycles. The van der Waals surface area contributed by atoms with Crippen LogP contribution in [0.15, 0.2) is 36.4 Å². The van der Waals surface area contributed by atoms with Crippen molar-refractivity contribution in [3.8, 4) is 11.5 Å². The Morgan fingerprint density at radius 2 is 1.76 bits per heavy atom. The first-order chi connectivity index (χ1) is 13.9. The summed E-state index contributed by atoms with van der Waals surface area (Å²) >= 11 is 0. The van der Waals surface area contributed by atoms with Gasteiger partial charge >= 0.3 is 5.97 Å². The van der Waals surface area contributed by atoms with Gasteiger partial charge < -0.3 is 24.8 Å². The third-order valence-electron chi connectivity index (χ3n) is 4.44. The lowest BCUT2D eigenvalue weighted by molar-refractivity contribution is -0.126. The molecule has 2 aromatic rings. The molecule has 2 amide bonds. The molecule has 2 N–H and O–H groups in total. The van der Waals surface area contributed by atoms with E-state index in [1.165, 1.54) is 12.1 Å². The first-order valence-corrected chi connectivity index (χ1v) is 9.13. The summed E-state index contributed by atoms with van der Waals surface area (Å²) in [7, 11) is 0. The molecular formula is C21H22N2O6. The number of fused-ring (bicyclic) bond motifs is 1. The number of nitrogens with one attached hydrogen (secondary N) is 2. The number of carbonyl (C=O) groups is 3. The van der Waals surface area contributed by atoms with Crippen LogP contribution in [-0.4, -0.2) is 44.1 Å². The second-order valence-electron chi connectivity index (χ2n) is 6.51. The molecule has 8 nitrogen and oxygen atoms in total. The van der Waals surface area contributed by atoms with E-state index in [4.69, 9.17) is 14.2 Å². The summed E-state index contributed by atoms with van der Waals surface area (Å²) < 4.78 is 15.8. The van der Waals surface area contributed by atoms with Crippen molar-refractivity contribution >= 4 is 23.5 Å². The van der Waals surface area contributed by atoms with Crippen molar-refractivity contribution in [1.29, 1.82) is 0 Å². The molecule has 0 bridgehead atoms. The van der Waals surface area contributed by atoms with E-state index >= 15 is 0 Å². The third kappa shape index (κ3) is 5.25. The number of anilines is 1. The van der Waals surface area contributed by atoms with Gasteiger partial charge in [-0.1, -0.05) is 12.1 Å². The maximum atomic E-state index is 12.1. The van der Waals surface area contributed by atoms with Crippen molar-refractivity contribution in [2.75, 3.05) is 31.7 Å². The zero-order chi connectivity index (χ0) is 20.8. The molecule has 0 radical (unpaired) electrons. The van der Waals surface area contributed by atoms with Crippen LogP contribution in [0.2, 0.25) is 0 Å². The van der Waals surface area contributed by atoms with E-state index < -0.39 is 18.5 Å². The number of benzene rings is 2. The molecule has 0 unspecified atom stereocenters. The standard InChI is InChI=1S/C21H22N2O6/c1-13-4-3-5-16(14(13)2)23-19(24)11-22-20(25)12-29-21(26)15-6-7-17-18(10-15)28-9-8-27-17/h3-7,10H,8-9,11-12H2,1-2H3,(H,22,25)(H,23,24). The van der Waals surface area contributed by atoms with Crippen molar-refractivity contribution in [2.45, 2.75) is 13.8 Å². The van der Waals surface area contributed by atoms with Crippen LogP contribution in [0.25, 0.3) is 0 Å². The molecule has 0 fully saturated rings. The van der Waals surface area contributed by atoms with E-state index in [0.717, 1.165) is 11.1 Å². The average molecular weight is 398 g/mol. The number of esters is 1. The molecule has 1 heterocycles. The third-order valence-corrected chi connectivity index (χ3v) is 4.44. The van der Waals surface area contributed by atoms with Crippen LogP contribution in [0.1, 0.15) is 21.5 Å². The van der Waals surface area contributed by atoms with Gasteiger partial charge in [0.1, 0.15) is 13.2 Å². The van der Waals surface area contributed by atoms with Crippen LogP contribution in [0.3, 0.4) is 0 Å². The summed E-state index contributed by atoms with van der Waals surface area (Å²) in [6.45, 7) is 3.98. The van der Waals surface area contributed by atoms with Crippen molar-refractivity contribution in [2.24, 2.45) is 0 Å². The maximum Gasteiger partial charge on any atom is 0.338 e. The summed E-state index contributed by atoms with van der Waals surface area (Å²) in [5, 5.41) is 5.16. The van der Waals surface area contributed by atoms with Crippen LogP contribution in [0, 0.1) is 13.8 Å². The zero-order valence-electron chi connectivity index (χ0n) is 16.2. The molecule has 29 heavy (non-hydrogen) atoms. The molecule has 8 heteroatoms. The van der Waals surface area contributed by atoms with Crippen LogP contribution in [-0.2, 0) is 14.3 Å². The van der Waals surface area contributed by atoms with Gasteiger partial charge in [0.25, 0.3) is 5.91 Å². The Bertz CT molecular complexity index is 941. The van der Waals surface area contributed by atoms with Gasteiger partial charge in [0.05, 0.1) is 12.1 Å². The molecule has 0 spiro atoms. The fraction of sp³-hybridized carbons (Fsp3) is 0.286. The number of hydrogen-bond donors (Lipinski definition) is 2. The summed E-state index contributed by atoms with van der Waals surface area (Å²) in [6, 6.07) is 10.2. The normalized spacial score (nSPS) is 12.1. The molecule has 1 aliphatic rings. The monoisotopic (exact) mass is 398 g/mol. The first-order valence-electron chi connectivity index (χ1n) is 9.13. The van der Waals surface area contributed by atoms with Crippen molar-refractivity contribution in [3.05, 3.63) is 53.1 Å². The number of ether oxygens (including phenoxy) is 3. The summed E-state index contributed by atoms with van der Waals surface area (Å²) in [5.74, 6) is -0.604. The van der Waals surface area contributed by atoms with E-state index in [1.54, 1.807) is 12.1 Å². The van der Waals surface area contributed by atoms with Gasteiger partial charge in [-0.25, -0.2) is 4.79 Å². The minimum absolute atomic E-state index is 0.228. The zero-order valence-corrected chi connectivity index (χ0v) is 16.2. The Kier molecular flexibility index (Phi) is 6.33. The van der Waals surface area contributed by atoms with Gasteiger partial charge in [-0.3, -0.25) is 9.59 Å². The Hall–Kier alpha value is -3.55. The molecular weight excluding hydrogens is 376 g/mol. The van der Waals surface area contributed by atoms with Gasteiger partial charge in [-0.2, -0.15) is 0 Å². The van der Waals surface area contributed by atoms with Gasteiger partial charge in [0.2, 0.25) is 5.91 Å². The van der Waals surface area contributed by atoms with Crippen molar-refractivity contribution < 1.29 is 28.6 Å². The summed E-state index contributed by atoms with van der Waals surface area (Å²) in [4.78, 5) is 36.0. The Balaban J connectivity index is 1.44. The summed E-state index contributed by atoms with van der Waals surface area (Å²) in [5.41, 5.74) is 2.95. The first kappa shape index (κ1) is 20.2. The van der Waals surface area contributed by atoms with E-state index in [2.05, 4.69) is 10.6 Å². The molecule has 3 rings (SSSR count). The molecule has 0 atom stereocenters. The van der Waals surface area contributed by atoms with Crippen LogP contribution in [0.5, 0.6) is 11.5 Å². The van der Waals surface area contributed by atoms with E-state index in [1.807, 2.05) is 26.0 Å². The van der Waals surface area contributed by atoms with Gasteiger partial charge in [0.15, 0.2) is 18.1 Å². The Labute approximate surface area is 168 Å². The fourth-order valence-electron chi connectivity index (χ4n) is 2.70. The maximum absolute atomic E-state index is 12.1. The lowest BCUT2D eigenvalue weighted by Crippen LogP contribution is -2.35. The minimum atomic E-state index is -0.669. The highest BCUT2D eigenvalue weighted by atomic mass is 16.6. The average Bonchev–Trinajstić information content (AvgIpc) is 2.73. The van der Waals surface area contributed by atoms with Crippen molar-refractivity contribution in [3.63, 3.8) is 0 Å². The molecule has 1 aliphatic heterocycles. The Morgan fingerprint density at radius 3 is 2.55 bits per heavy atom. The Morgan fingerprint density at radius 1 is 1.00 bits per heavy atom. The highest BCUT2D eigenvalue weighted by molar-refractivity contribution is 5.96. The lowest BCUT2D eigenvalue weighted by atomic mass is 10.1. The molecule has 0 aliphatic carbocycles. The van der Waals surface area contributed by atoms with Crippen LogP contribution in [0.4, 0.5) is 5.69 Å². The number of hydrogen-bond acceptors (Lipinski definition) is 6. The van der Waals surface area contributed by atoms with Crippen molar-refractivity contribution in [1.82, 2.24) is 5.32 Å². The topological polar surface area (TPSA) is 103 Å². The second-order valence-corrected chi connectivity index (χ2v) is 6.51. The molecule has 0 saturated heterocycles. The molecule has 2 aromatic carbocycles.